The first-order valence-electron chi connectivity index (χ1n) is 10.5. The van der Waals surface area contributed by atoms with Crippen LogP contribution in [0, 0.1) is 5.82 Å². The van der Waals surface area contributed by atoms with Gasteiger partial charge in [0.1, 0.15) is 11.5 Å². The summed E-state index contributed by atoms with van der Waals surface area (Å²) < 4.78 is 17.9. The molecule has 5 rings (SSSR count). The molecule has 1 aliphatic carbocycles. The molecule has 7 nitrogen and oxygen atoms in total. The highest BCUT2D eigenvalue weighted by Gasteiger charge is 2.28. The Kier molecular flexibility index (Phi) is 6.20. The van der Waals surface area contributed by atoms with Crippen molar-refractivity contribution in [3.63, 3.8) is 0 Å². The number of nitrogens with one attached hydrogen (secondary N) is 3. The third kappa shape index (κ3) is 4.80. The number of halogens is 1. The molecule has 3 N–H and O–H groups in total. The summed E-state index contributed by atoms with van der Waals surface area (Å²) in [5.41, 5.74) is 3.83. The molecule has 2 heterocycles. The Morgan fingerprint density at radius 1 is 1.09 bits per heavy atom. The van der Waals surface area contributed by atoms with Gasteiger partial charge in [-0.05, 0) is 48.2 Å². The number of rotatable bonds is 3. The SMILES string of the molecule is CNC(=O)C1CCC(=O)O1.O=C(NC1Cc2ccccc2C1)c1cc2cc(F)ccc2[nH]1. The zero-order valence-electron chi connectivity index (χ0n) is 17.6. The summed E-state index contributed by atoms with van der Waals surface area (Å²) in [4.78, 5) is 36.7. The van der Waals surface area contributed by atoms with E-state index in [-0.39, 0.29) is 29.6 Å². The third-order valence-corrected chi connectivity index (χ3v) is 5.64. The predicted octanol–water partition coefficient (Wildman–Crippen LogP) is 2.64. The first-order valence-corrected chi connectivity index (χ1v) is 10.5. The highest BCUT2D eigenvalue weighted by Crippen LogP contribution is 2.22. The van der Waals surface area contributed by atoms with Crippen molar-refractivity contribution in [2.45, 2.75) is 37.8 Å². The first-order chi connectivity index (χ1) is 15.4. The molecule has 0 spiro atoms. The molecule has 8 heteroatoms. The number of esters is 1. The van der Waals surface area contributed by atoms with Gasteiger partial charge in [0.2, 0.25) is 0 Å². The Morgan fingerprint density at radius 3 is 2.44 bits per heavy atom. The van der Waals surface area contributed by atoms with Crippen LogP contribution < -0.4 is 10.6 Å². The van der Waals surface area contributed by atoms with E-state index in [4.69, 9.17) is 0 Å². The van der Waals surface area contributed by atoms with E-state index in [1.165, 1.54) is 30.3 Å². The van der Waals surface area contributed by atoms with Crippen molar-refractivity contribution < 1.29 is 23.5 Å². The molecular formula is C24H24FN3O4. The number of aromatic nitrogens is 1. The fraction of sp³-hybridized carbons (Fsp3) is 0.292. The number of carbonyl (C=O) groups is 3. The minimum atomic E-state index is -0.544. The maximum absolute atomic E-state index is 13.2. The normalized spacial score (nSPS) is 17.3. The highest BCUT2D eigenvalue weighted by atomic mass is 19.1. The van der Waals surface area contributed by atoms with Gasteiger partial charge in [-0.2, -0.15) is 0 Å². The van der Waals surface area contributed by atoms with E-state index >= 15 is 0 Å². The molecule has 2 aliphatic rings. The number of hydrogen-bond acceptors (Lipinski definition) is 4. The summed E-state index contributed by atoms with van der Waals surface area (Å²) in [6.45, 7) is 0. The van der Waals surface area contributed by atoms with Crippen LogP contribution in [0.3, 0.4) is 0 Å². The van der Waals surface area contributed by atoms with Crippen LogP contribution in [0.4, 0.5) is 4.39 Å². The molecule has 1 saturated heterocycles. The van der Waals surface area contributed by atoms with Gasteiger partial charge in [-0.15, -0.1) is 0 Å². The Hall–Kier alpha value is -3.68. The quantitative estimate of drug-likeness (QED) is 0.549. The maximum Gasteiger partial charge on any atom is 0.306 e. The summed E-state index contributed by atoms with van der Waals surface area (Å²) in [5.74, 6) is -0.946. The molecule has 1 fully saturated rings. The van der Waals surface area contributed by atoms with Crippen LogP contribution in [0.5, 0.6) is 0 Å². The third-order valence-electron chi connectivity index (χ3n) is 5.64. The molecule has 0 saturated carbocycles. The van der Waals surface area contributed by atoms with Gasteiger partial charge >= 0.3 is 5.97 Å². The minimum Gasteiger partial charge on any atom is -0.452 e. The lowest BCUT2D eigenvalue weighted by Gasteiger charge is -2.10. The minimum absolute atomic E-state index is 0.119. The number of ether oxygens (including phenoxy) is 1. The summed E-state index contributed by atoms with van der Waals surface area (Å²) in [6.07, 6.45) is 2.04. The molecule has 3 aromatic rings. The van der Waals surface area contributed by atoms with Gasteiger partial charge in [-0.3, -0.25) is 14.4 Å². The van der Waals surface area contributed by atoms with Gasteiger partial charge in [0.25, 0.3) is 11.8 Å². The van der Waals surface area contributed by atoms with Crippen LogP contribution in [0.25, 0.3) is 10.9 Å². The van der Waals surface area contributed by atoms with E-state index in [2.05, 4.69) is 32.5 Å². The van der Waals surface area contributed by atoms with Gasteiger partial charge in [0, 0.05) is 36.8 Å². The lowest BCUT2D eigenvalue weighted by atomic mass is 10.1. The molecule has 166 valence electrons. The monoisotopic (exact) mass is 437 g/mol. The van der Waals surface area contributed by atoms with Crippen molar-refractivity contribution in [1.82, 2.24) is 15.6 Å². The Bertz CT molecular complexity index is 1150. The van der Waals surface area contributed by atoms with Crippen molar-refractivity contribution in [1.29, 1.82) is 0 Å². The fourth-order valence-corrected chi connectivity index (χ4v) is 4.02. The molecular weight excluding hydrogens is 413 g/mol. The number of likely N-dealkylation sites (N-methyl/N-ethyl adjacent to an activating group) is 1. The fourth-order valence-electron chi connectivity index (χ4n) is 4.02. The molecule has 1 atom stereocenters. The molecule has 1 aliphatic heterocycles. The average molecular weight is 437 g/mol. The molecule has 2 amide bonds. The van der Waals surface area contributed by atoms with E-state index < -0.39 is 6.10 Å². The molecule has 2 aromatic carbocycles. The van der Waals surface area contributed by atoms with E-state index in [1.807, 2.05) is 12.1 Å². The Morgan fingerprint density at radius 2 is 1.81 bits per heavy atom. The van der Waals surface area contributed by atoms with Gasteiger partial charge in [0.15, 0.2) is 6.10 Å². The molecule has 0 radical (unpaired) electrons. The predicted molar refractivity (Wildman–Crippen MR) is 117 cm³/mol. The van der Waals surface area contributed by atoms with Gasteiger partial charge in [-0.1, -0.05) is 24.3 Å². The van der Waals surface area contributed by atoms with Gasteiger partial charge in [0.05, 0.1) is 0 Å². The topological polar surface area (TPSA) is 100 Å². The molecule has 0 bridgehead atoms. The van der Waals surface area contributed by atoms with Crippen molar-refractivity contribution in [3.05, 3.63) is 71.2 Å². The second-order valence-corrected chi connectivity index (χ2v) is 7.89. The zero-order valence-corrected chi connectivity index (χ0v) is 17.6. The number of H-pyrrole nitrogens is 1. The van der Waals surface area contributed by atoms with Gasteiger partial charge in [-0.25, -0.2) is 4.39 Å². The number of aromatic amines is 1. The summed E-state index contributed by atoms with van der Waals surface area (Å²) in [5, 5.41) is 6.17. The van der Waals surface area contributed by atoms with Crippen molar-refractivity contribution in [2.24, 2.45) is 0 Å². The number of carbonyl (C=O) groups excluding carboxylic acids is 3. The summed E-state index contributed by atoms with van der Waals surface area (Å²) in [6, 6.07) is 14.5. The number of hydrogen-bond donors (Lipinski definition) is 3. The van der Waals surface area contributed by atoms with E-state index in [9.17, 15) is 18.8 Å². The summed E-state index contributed by atoms with van der Waals surface area (Å²) in [7, 11) is 1.52. The second-order valence-electron chi connectivity index (χ2n) is 7.89. The summed E-state index contributed by atoms with van der Waals surface area (Å²) >= 11 is 0. The molecule has 1 unspecified atom stereocenters. The number of benzene rings is 2. The van der Waals surface area contributed by atoms with E-state index in [0.29, 0.717) is 23.9 Å². The number of cyclic esters (lactones) is 1. The Labute approximate surface area is 184 Å². The van der Waals surface area contributed by atoms with Crippen LogP contribution in [-0.4, -0.2) is 42.0 Å². The van der Waals surface area contributed by atoms with Crippen molar-refractivity contribution in [2.75, 3.05) is 7.05 Å². The molecule has 1 aromatic heterocycles. The van der Waals surface area contributed by atoms with Crippen LogP contribution in [0.1, 0.15) is 34.5 Å². The van der Waals surface area contributed by atoms with Crippen molar-refractivity contribution in [3.8, 4) is 0 Å². The van der Waals surface area contributed by atoms with Crippen LogP contribution in [0.2, 0.25) is 0 Å². The van der Waals surface area contributed by atoms with E-state index in [1.54, 1.807) is 12.1 Å². The number of fused-ring (bicyclic) bond motifs is 2. The average Bonchev–Trinajstić information content (AvgIpc) is 3.50. The Balaban J connectivity index is 0.000000207. The lowest BCUT2D eigenvalue weighted by molar-refractivity contribution is -0.147. The second kappa shape index (κ2) is 9.21. The first kappa shape index (κ1) is 21.5. The maximum atomic E-state index is 13.2. The van der Waals surface area contributed by atoms with E-state index in [0.717, 1.165) is 18.4 Å². The zero-order chi connectivity index (χ0) is 22.7. The highest BCUT2D eigenvalue weighted by molar-refractivity contribution is 5.98. The van der Waals surface area contributed by atoms with Gasteiger partial charge < -0.3 is 20.4 Å². The van der Waals surface area contributed by atoms with Crippen LogP contribution in [-0.2, 0) is 27.2 Å². The smallest absolute Gasteiger partial charge is 0.306 e. The number of amides is 2. The largest absolute Gasteiger partial charge is 0.452 e. The molecule has 32 heavy (non-hydrogen) atoms. The van der Waals surface area contributed by atoms with Crippen LogP contribution >= 0.6 is 0 Å². The standard InChI is InChI=1S/C18H15FN2O.C6H9NO3/c19-14-5-6-16-13(7-14)10-17(21-16)18(22)20-15-8-11-3-1-2-4-12(11)9-15;1-7-6(9)4-2-3-5(8)10-4/h1-7,10,15,21H,8-9H2,(H,20,22);4H,2-3H2,1H3,(H,7,9). The van der Waals surface area contributed by atoms with Crippen LogP contribution in [0.15, 0.2) is 48.5 Å². The van der Waals surface area contributed by atoms with Crippen molar-refractivity contribution >= 4 is 28.7 Å². The lowest BCUT2D eigenvalue weighted by Crippen LogP contribution is -2.35.